The lowest BCUT2D eigenvalue weighted by atomic mass is 10.1. The molecule has 1 aromatic rings. The van der Waals surface area contributed by atoms with Crippen molar-refractivity contribution >= 4 is 0 Å². The van der Waals surface area contributed by atoms with Crippen LogP contribution in [-0.4, -0.2) is 6.04 Å². The molecule has 1 rings (SSSR count). The second-order valence-electron chi connectivity index (χ2n) is 2.95. The Balaban J connectivity index is 2.14. The zero-order valence-corrected chi connectivity index (χ0v) is 6.92. The highest BCUT2D eigenvalue weighted by molar-refractivity contribution is 4.97. The maximum atomic E-state index is 5.60. The second-order valence-corrected chi connectivity index (χ2v) is 2.95. The largest absolute Gasteiger partial charge is 0.469 e. The van der Waals surface area contributed by atoms with Crippen LogP contribution in [-0.2, 0) is 6.42 Å². The van der Waals surface area contributed by atoms with E-state index in [1.165, 1.54) is 0 Å². The summed E-state index contributed by atoms with van der Waals surface area (Å²) < 4.78 is 5.17. The summed E-state index contributed by atoms with van der Waals surface area (Å²) in [6.45, 7) is 2.03. The monoisotopic (exact) mass is 153 g/mol. The fraction of sp³-hybridized carbons (Fsp3) is 0.556. The van der Waals surface area contributed by atoms with Crippen LogP contribution >= 0.6 is 0 Å². The van der Waals surface area contributed by atoms with Crippen molar-refractivity contribution in [2.45, 2.75) is 32.2 Å². The van der Waals surface area contributed by atoms with Crippen molar-refractivity contribution in [2.24, 2.45) is 5.73 Å². The molecule has 0 saturated carbocycles. The zero-order valence-electron chi connectivity index (χ0n) is 6.92. The summed E-state index contributed by atoms with van der Waals surface area (Å²) in [6.07, 6.45) is 4.90. The lowest BCUT2D eigenvalue weighted by molar-refractivity contribution is 0.490. The third kappa shape index (κ3) is 3.23. The maximum absolute atomic E-state index is 5.60. The van der Waals surface area contributed by atoms with Gasteiger partial charge in [0.1, 0.15) is 5.76 Å². The van der Waals surface area contributed by atoms with Gasteiger partial charge in [-0.05, 0) is 31.9 Å². The van der Waals surface area contributed by atoms with Crippen LogP contribution in [0, 0.1) is 0 Å². The average Bonchev–Trinajstić information content (AvgIpc) is 2.39. The van der Waals surface area contributed by atoms with E-state index >= 15 is 0 Å². The van der Waals surface area contributed by atoms with Crippen molar-refractivity contribution in [2.75, 3.05) is 0 Å². The zero-order chi connectivity index (χ0) is 8.10. The second kappa shape index (κ2) is 4.19. The van der Waals surface area contributed by atoms with E-state index in [0.29, 0.717) is 6.04 Å². The summed E-state index contributed by atoms with van der Waals surface area (Å²) in [4.78, 5) is 0. The van der Waals surface area contributed by atoms with Gasteiger partial charge in [0.15, 0.2) is 0 Å². The first-order valence-electron chi connectivity index (χ1n) is 4.07. The molecule has 0 amide bonds. The van der Waals surface area contributed by atoms with Gasteiger partial charge >= 0.3 is 0 Å². The quantitative estimate of drug-likeness (QED) is 0.718. The van der Waals surface area contributed by atoms with Crippen LogP contribution < -0.4 is 5.73 Å². The van der Waals surface area contributed by atoms with Gasteiger partial charge in [-0.15, -0.1) is 0 Å². The lowest BCUT2D eigenvalue weighted by Crippen LogP contribution is -2.14. The Morgan fingerprint density at radius 3 is 3.00 bits per heavy atom. The summed E-state index contributed by atoms with van der Waals surface area (Å²) in [6, 6.07) is 4.23. The molecule has 62 valence electrons. The lowest BCUT2D eigenvalue weighted by Gasteiger charge is -2.01. The van der Waals surface area contributed by atoms with Crippen LogP contribution in [0.25, 0.3) is 0 Å². The first kappa shape index (κ1) is 8.34. The summed E-state index contributed by atoms with van der Waals surface area (Å²) in [7, 11) is 0. The molecule has 2 nitrogen and oxygen atoms in total. The molecule has 1 heterocycles. The van der Waals surface area contributed by atoms with E-state index in [9.17, 15) is 0 Å². The number of nitrogens with two attached hydrogens (primary N) is 1. The molecular formula is C9H15NO. The molecule has 11 heavy (non-hydrogen) atoms. The van der Waals surface area contributed by atoms with Gasteiger partial charge in [-0.1, -0.05) is 0 Å². The molecule has 0 saturated heterocycles. The van der Waals surface area contributed by atoms with Crippen LogP contribution in [0.2, 0.25) is 0 Å². The van der Waals surface area contributed by atoms with Gasteiger partial charge in [0.05, 0.1) is 6.26 Å². The fourth-order valence-electron chi connectivity index (χ4n) is 1.05. The molecule has 0 spiro atoms. The molecule has 0 aliphatic carbocycles. The highest BCUT2D eigenvalue weighted by Gasteiger charge is 1.97. The maximum Gasteiger partial charge on any atom is 0.103 e. The predicted molar refractivity (Wildman–Crippen MR) is 45.3 cm³/mol. The Hall–Kier alpha value is -0.760. The van der Waals surface area contributed by atoms with Crippen molar-refractivity contribution in [1.82, 2.24) is 0 Å². The van der Waals surface area contributed by atoms with E-state index in [0.717, 1.165) is 25.0 Å². The van der Waals surface area contributed by atoms with E-state index in [4.69, 9.17) is 10.2 Å². The standard InChI is InChI=1S/C9H15NO/c1-8(10)4-2-5-9-6-3-7-11-9/h3,6-8H,2,4-5,10H2,1H3. The van der Waals surface area contributed by atoms with Gasteiger partial charge in [0.2, 0.25) is 0 Å². The van der Waals surface area contributed by atoms with E-state index in [1.54, 1.807) is 6.26 Å². The first-order valence-corrected chi connectivity index (χ1v) is 4.07. The molecule has 1 unspecified atom stereocenters. The van der Waals surface area contributed by atoms with Crippen molar-refractivity contribution in [3.63, 3.8) is 0 Å². The summed E-state index contributed by atoms with van der Waals surface area (Å²) in [5.41, 5.74) is 5.60. The Morgan fingerprint density at radius 2 is 2.45 bits per heavy atom. The number of hydrogen-bond acceptors (Lipinski definition) is 2. The third-order valence-corrected chi connectivity index (χ3v) is 1.66. The van der Waals surface area contributed by atoms with Crippen LogP contribution in [0.5, 0.6) is 0 Å². The van der Waals surface area contributed by atoms with Crippen molar-refractivity contribution < 1.29 is 4.42 Å². The Morgan fingerprint density at radius 1 is 1.64 bits per heavy atom. The number of aryl methyl sites for hydroxylation is 1. The summed E-state index contributed by atoms with van der Waals surface area (Å²) >= 11 is 0. The normalized spacial score (nSPS) is 13.3. The Bertz CT molecular complexity index is 179. The number of furan rings is 1. The SMILES string of the molecule is CC(N)CCCc1ccco1. The van der Waals surface area contributed by atoms with Crippen molar-refractivity contribution in [1.29, 1.82) is 0 Å². The Kier molecular flexibility index (Phi) is 3.17. The van der Waals surface area contributed by atoms with Gasteiger partial charge in [0.25, 0.3) is 0 Å². The van der Waals surface area contributed by atoms with Gasteiger partial charge in [0, 0.05) is 12.5 Å². The van der Waals surface area contributed by atoms with Crippen molar-refractivity contribution in [3.8, 4) is 0 Å². The summed E-state index contributed by atoms with van der Waals surface area (Å²) in [5, 5.41) is 0. The number of rotatable bonds is 4. The molecule has 1 aromatic heterocycles. The van der Waals surface area contributed by atoms with Crippen LogP contribution in [0.3, 0.4) is 0 Å². The molecule has 0 aromatic carbocycles. The highest BCUT2D eigenvalue weighted by Crippen LogP contribution is 2.05. The van der Waals surface area contributed by atoms with Crippen LogP contribution in [0.1, 0.15) is 25.5 Å². The topological polar surface area (TPSA) is 39.2 Å². The predicted octanol–water partition coefficient (Wildman–Crippen LogP) is 1.95. The highest BCUT2D eigenvalue weighted by atomic mass is 16.3. The van der Waals surface area contributed by atoms with Crippen LogP contribution in [0.4, 0.5) is 0 Å². The number of hydrogen-bond donors (Lipinski definition) is 1. The molecule has 0 fully saturated rings. The van der Waals surface area contributed by atoms with Gasteiger partial charge in [-0.25, -0.2) is 0 Å². The van der Waals surface area contributed by atoms with Crippen molar-refractivity contribution in [3.05, 3.63) is 24.2 Å². The molecule has 0 radical (unpaired) electrons. The molecule has 0 bridgehead atoms. The molecule has 0 aliphatic heterocycles. The minimum Gasteiger partial charge on any atom is -0.469 e. The van der Waals surface area contributed by atoms with Crippen LogP contribution in [0.15, 0.2) is 22.8 Å². The van der Waals surface area contributed by atoms with E-state index in [2.05, 4.69) is 0 Å². The smallest absolute Gasteiger partial charge is 0.103 e. The molecule has 0 aliphatic rings. The van der Waals surface area contributed by atoms with Gasteiger partial charge < -0.3 is 10.2 Å². The van der Waals surface area contributed by atoms with Gasteiger partial charge in [-0.2, -0.15) is 0 Å². The first-order chi connectivity index (χ1) is 5.29. The Labute approximate surface area is 67.4 Å². The fourth-order valence-corrected chi connectivity index (χ4v) is 1.05. The minimum absolute atomic E-state index is 0.310. The summed E-state index contributed by atoms with van der Waals surface area (Å²) in [5.74, 6) is 1.06. The third-order valence-electron chi connectivity index (χ3n) is 1.66. The average molecular weight is 153 g/mol. The molecular weight excluding hydrogens is 138 g/mol. The molecule has 2 N–H and O–H groups in total. The van der Waals surface area contributed by atoms with E-state index in [1.807, 2.05) is 19.1 Å². The van der Waals surface area contributed by atoms with Gasteiger partial charge in [-0.3, -0.25) is 0 Å². The van der Waals surface area contributed by atoms with E-state index < -0.39 is 0 Å². The minimum atomic E-state index is 0.310. The molecule has 2 heteroatoms. The van der Waals surface area contributed by atoms with E-state index in [-0.39, 0.29) is 0 Å². The molecule has 1 atom stereocenters.